The number of hydrogen-bond acceptors (Lipinski definition) is 3. The largest absolute Gasteiger partial charge is 0.359 e. The number of aliphatic imine (C=N–C) groups is 1. The number of fused-ring (bicyclic) bond motifs is 1. The van der Waals surface area contributed by atoms with Crippen LogP contribution < -0.4 is 5.32 Å². The Morgan fingerprint density at radius 3 is 3.14 bits per heavy atom. The number of rotatable bonds is 1. The summed E-state index contributed by atoms with van der Waals surface area (Å²) in [7, 11) is 1.70. The second-order valence-corrected chi connectivity index (χ2v) is 4.11. The van der Waals surface area contributed by atoms with Crippen LogP contribution in [0.4, 0.5) is 0 Å². The van der Waals surface area contributed by atoms with Gasteiger partial charge in [0.1, 0.15) is 5.84 Å². The zero-order chi connectivity index (χ0) is 10.1. The molecule has 1 amide bonds. The molecule has 2 unspecified atom stereocenters. The summed E-state index contributed by atoms with van der Waals surface area (Å²) >= 11 is 0. The van der Waals surface area contributed by atoms with Crippen molar-refractivity contribution >= 4 is 11.7 Å². The molecule has 4 nitrogen and oxygen atoms in total. The molecule has 78 valence electrons. The molecule has 0 aliphatic carbocycles. The molecule has 0 aromatic rings. The minimum atomic E-state index is -0.0136. The summed E-state index contributed by atoms with van der Waals surface area (Å²) in [6.07, 6.45) is 1.12. The minimum Gasteiger partial charge on any atom is -0.359 e. The summed E-state index contributed by atoms with van der Waals surface area (Å²) in [5.41, 5.74) is 0. The van der Waals surface area contributed by atoms with Gasteiger partial charge in [-0.1, -0.05) is 6.92 Å². The molecule has 2 aliphatic heterocycles. The van der Waals surface area contributed by atoms with E-state index in [1.807, 2.05) is 0 Å². The molecule has 1 N–H and O–H groups in total. The van der Waals surface area contributed by atoms with Gasteiger partial charge in [0.2, 0.25) is 5.91 Å². The van der Waals surface area contributed by atoms with Gasteiger partial charge >= 0.3 is 0 Å². The quantitative estimate of drug-likeness (QED) is 0.645. The first-order valence-electron chi connectivity index (χ1n) is 5.25. The van der Waals surface area contributed by atoms with Crippen LogP contribution in [0, 0.1) is 11.8 Å². The topological polar surface area (TPSA) is 44.7 Å². The molecule has 14 heavy (non-hydrogen) atoms. The number of carbonyl (C=O) groups is 1. The fourth-order valence-corrected chi connectivity index (χ4v) is 2.39. The molecule has 0 bridgehead atoms. The molecule has 2 aliphatic rings. The van der Waals surface area contributed by atoms with Crippen LogP contribution >= 0.6 is 0 Å². The first-order chi connectivity index (χ1) is 6.74. The average Bonchev–Trinajstić information content (AvgIpc) is 2.53. The van der Waals surface area contributed by atoms with Gasteiger partial charge in [0.25, 0.3) is 0 Å². The van der Waals surface area contributed by atoms with Crippen molar-refractivity contribution in [3.05, 3.63) is 0 Å². The maximum absolute atomic E-state index is 11.7. The fourth-order valence-electron chi connectivity index (χ4n) is 2.39. The second kappa shape index (κ2) is 3.59. The Kier molecular flexibility index (Phi) is 2.44. The number of nitrogens with zero attached hydrogens (tertiary/aromatic N) is 2. The van der Waals surface area contributed by atoms with E-state index in [0.29, 0.717) is 5.92 Å². The minimum absolute atomic E-state index is 0.0136. The van der Waals surface area contributed by atoms with E-state index in [9.17, 15) is 4.79 Å². The molecule has 2 heterocycles. The van der Waals surface area contributed by atoms with E-state index < -0.39 is 0 Å². The molecular formula is C10H17N3O. The Hall–Kier alpha value is -1.06. The lowest BCUT2D eigenvalue weighted by Crippen LogP contribution is -2.38. The van der Waals surface area contributed by atoms with Gasteiger partial charge in [-0.25, -0.2) is 0 Å². The van der Waals surface area contributed by atoms with E-state index in [0.717, 1.165) is 31.9 Å². The smallest absolute Gasteiger partial charge is 0.230 e. The van der Waals surface area contributed by atoms with E-state index in [4.69, 9.17) is 0 Å². The van der Waals surface area contributed by atoms with E-state index in [-0.39, 0.29) is 11.8 Å². The summed E-state index contributed by atoms with van der Waals surface area (Å²) in [4.78, 5) is 18.4. The lowest BCUT2D eigenvalue weighted by molar-refractivity contribution is -0.123. The van der Waals surface area contributed by atoms with Gasteiger partial charge in [0.05, 0.1) is 5.92 Å². The maximum Gasteiger partial charge on any atom is 0.230 e. The van der Waals surface area contributed by atoms with Crippen LogP contribution in [0.5, 0.6) is 0 Å². The van der Waals surface area contributed by atoms with Crippen LogP contribution in [0.3, 0.4) is 0 Å². The monoisotopic (exact) mass is 195 g/mol. The fraction of sp³-hybridized carbons (Fsp3) is 0.800. The second-order valence-electron chi connectivity index (χ2n) is 4.11. The van der Waals surface area contributed by atoms with Crippen molar-refractivity contribution in [3.63, 3.8) is 0 Å². The molecule has 2 rings (SSSR count). The van der Waals surface area contributed by atoms with Crippen molar-refractivity contribution < 1.29 is 4.79 Å². The highest BCUT2D eigenvalue weighted by molar-refractivity contribution is 6.04. The number of carbonyl (C=O) groups excluding carboxylic acids is 1. The van der Waals surface area contributed by atoms with E-state index >= 15 is 0 Å². The molecule has 2 atom stereocenters. The lowest BCUT2D eigenvalue weighted by atomic mass is 9.96. The highest BCUT2D eigenvalue weighted by Gasteiger charge is 2.40. The van der Waals surface area contributed by atoms with Crippen LogP contribution in [0.15, 0.2) is 4.99 Å². The number of hydrogen-bond donors (Lipinski definition) is 1. The van der Waals surface area contributed by atoms with Crippen LogP contribution in [0.1, 0.15) is 13.3 Å². The molecule has 0 saturated carbocycles. The molecule has 1 saturated heterocycles. The Labute approximate surface area is 84.4 Å². The molecule has 1 fully saturated rings. The van der Waals surface area contributed by atoms with Gasteiger partial charge in [-0.2, -0.15) is 0 Å². The van der Waals surface area contributed by atoms with E-state index in [1.54, 1.807) is 7.05 Å². The van der Waals surface area contributed by atoms with Gasteiger partial charge < -0.3 is 10.2 Å². The van der Waals surface area contributed by atoms with Crippen molar-refractivity contribution in [3.8, 4) is 0 Å². The Bertz CT molecular complexity index is 275. The zero-order valence-electron chi connectivity index (χ0n) is 8.79. The van der Waals surface area contributed by atoms with Crippen molar-refractivity contribution in [2.75, 3.05) is 26.7 Å². The van der Waals surface area contributed by atoms with E-state index in [1.165, 1.54) is 0 Å². The van der Waals surface area contributed by atoms with Gasteiger partial charge in [0, 0.05) is 26.7 Å². The Morgan fingerprint density at radius 1 is 1.64 bits per heavy atom. The highest BCUT2D eigenvalue weighted by Crippen LogP contribution is 2.27. The maximum atomic E-state index is 11.7. The normalized spacial score (nSPS) is 31.0. The molecule has 0 spiro atoms. The Morgan fingerprint density at radius 2 is 2.43 bits per heavy atom. The summed E-state index contributed by atoms with van der Waals surface area (Å²) in [5, 5.41) is 2.72. The van der Waals surface area contributed by atoms with Crippen LogP contribution in [-0.2, 0) is 4.79 Å². The van der Waals surface area contributed by atoms with Crippen molar-refractivity contribution in [2.45, 2.75) is 13.3 Å². The SMILES string of the molecule is CNC(=O)C1C2=NCCCN2CC1C. The third-order valence-electron chi connectivity index (χ3n) is 3.07. The predicted molar refractivity (Wildman–Crippen MR) is 55.2 cm³/mol. The zero-order valence-corrected chi connectivity index (χ0v) is 8.79. The highest BCUT2D eigenvalue weighted by atomic mass is 16.1. The standard InChI is InChI=1S/C10H17N3O/c1-7-6-13-5-3-4-12-9(13)8(7)10(14)11-2/h7-8H,3-6H2,1-2H3,(H,11,14). The third-order valence-corrected chi connectivity index (χ3v) is 3.07. The number of amidine groups is 1. The van der Waals surface area contributed by atoms with Gasteiger partial charge in [0.15, 0.2) is 0 Å². The Balaban J connectivity index is 2.22. The predicted octanol–water partition coefficient (Wildman–Crippen LogP) is 0.103. The van der Waals surface area contributed by atoms with Gasteiger partial charge in [-0.15, -0.1) is 0 Å². The summed E-state index contributed by atoms with van der Waals surface area (Å²) in [6, 6.07) is 0. The van der Waals surface area contributed by atoms with Crippen LogP contribution in [0.25, 0.3) is 0 Å². The molecule has 0 radical (unpaired) electrons. The van der Waals surface area contributed by atoms with Crippen molar-refractivity contribution in [1.29, 1.82) is 0 Å². The third kappa shape index (κ3) is 1.38. The van der Waals surface area contributed by atoms with E-state index in [2.05, 4.69) is 22.1 Å². The summed E-state index contributed by atoms with van der Waals surface area (Å²) in [5.74, 6) is 1.51. The molecular weight excluding hydrogens is 178 g/mol. The first kappa shape index (κ1) is 9.49. The molecule has 0 aromatic carbocycles. The number of amides is 1. The lowest BCUT2D eigenvalue weighted by Gasteiger charge is -2.24. The number of nitrogens with one attached hydrogen (secondary N) is 1. The molecule has 0 aromatic heterocycles. The van der Waals surface area contributed by atoms with Crippen LogP contribution in [-0.4, -0.2) is 43.3 Å². The summed E-state index contributed by atoms with van der Waals surface area (Å²) in [6.45, 7) is 5.06. The van der Waals surface area contributed by atoms with Crippen molar-refractivity contribution in [1.82, 2.24) is 10.2 Å². The van der Waals surface area contributed by atoms with Gasteiger partial charge in [-0.05, 0) is 12.3 Å². The average molecular weight is 195 g/mol. The summed E-state index contributed by atoms with van der Waals surface area (Å²) < 4.78 is 0. The van der Waals surface area contributed by atoms with Crippen LogP contribution in [0.2, 0.25) is 0 Å². The van der Waals surface area contributed by atoms with Gasteiger partial charge in [-0.3, -0.25) is 9.79 Å². The van der Waals surface area contributed by atoms with Crippen molar-refractivity contribution in [2.24, 2.45) is 16.8 Å². The molecule has 4 heteroatoms. The first-order valence-corrected chi connectivity index (χ1v) is 5.25.